The molecule has 2 aromatic rings. The molecule has 1 aromatic carbocycles. The van der Waals surface area contributed by atoms with Crippen LogP contribution in [0.2, 0.25) is 0 Å². The summed E-state index contributed by atoms with van der Waals surface area (Å²) in [5.74, 6) is 3.81. The molecule has 2 rings (SSSR count). The van der Waals surface area contributed by atoms with Gasteiger partial charge in [-0.1, -0.05) is 26.8 Å². The van der Waals surface area contributed by atoms with Crippen molar-refractivity contribution in [3.63, 3.8) is 0 Å². The minimum Gasteiger partial charge on any atom is -0.493 e. The molecule has 0 unspecified atom stereocenters. The number of aryl methyl sites for hydroxylation is 1. The van der Waals surface area contributed by atoms with Crippen LogP contribution in [0, 0.1) is 0 Å². The van der Waals surface area contributed by atoms with E-state index in [9.17, 15) is 0 Å². The average molecular weight is 403 g/mol. The molecule has 0 atom stereocenters. The second-order valence-corrected chi connectivity index (χ2v) is 7.74. The maximum atomic E-state index is 5.80. The lowest BCUT2D eigenvalue weighted by atomic mass is 9.94. The van der Waals surface area contributed by atoms with Gasteiger partial charge in [0.1, 0.15) is 5.76 Å². The van der Waals surface area contributed by atoms with E-state index in [0.29, 0.717) is 19.0 Å². The van der Waals surface area contributed by atoms with Crippen LogP contribution in [-0.4, -0.2) is 38.3 Å². The van der Waals surface area contributed by atoms with Gasteiger partial charge < -0.3 is 24.5 Å². The van der Waals surface area contributed by atoms with E-state index in [4.69, 9.17) is 13.9 Å². The zero-order valence-corrected chi connectivity index (χ0v) is 18.5. The number of guanidine groups is 1. The smallest absolute Gasteiger partial charge is 0.213 e. The van der Waals surface area contributed by atoms with Gasteiger partial charge in [0, 0.05) is 19.0 Å². The van der Waals surface area contributed by atoms with Crippen molar-refractivity contribution in [2.45, 2.75) is 52.5 Å². The van der Waals surface area contributed by atoms with Crippen LogP contribution >= 0.6 is 0 Å². The Hall–Kier alpha value is -2.70. The molecule has 1 heterocycles. The van der Waals surface area contributed by atoms with Crippen molar-refractivity contribution in [3.8, 4) is 11.5 Å². The van der Waals surface area contributed by atoms with Crippen LogP contribution in [0.5, 0.6) is 11.5 Å². The van der Waals surface area contributed by atoms with E-state index < -0.39 is 0 Å². The standard InChI is InChI=1S/C22H34N4O3/c1-7-28-18-13-16(10-11-17(18)27-6)9-8-12-24-21(23-5)26-15-20-25-14-19(29-20)22(2,3)4/h10-11,13-14H,7-9,12,15H2,1-6H3,(H2,23,24,26). The van der Waals surface area contributed by atoms with Crippen LogP contribution in [0.4, 0.5) is 0 Å². The summed E-state index contributed by atoms with van der Waals surface area (Å²) in [6, 6.07) is 6.07. The number of ether oxygens (including phenoxy) is 2. The average Bonchev–Trinajstić information content (AvgIpc) is 3.17. The number of aliphatic imine (C=N–C) groups is 1. The molecule has 7 heteroatoms. The number of rotatable bonds is 9. The molecule has 0 bridgehead atoms. The van der Waals surface area contributed by atoms with E-state index in [1.54, 1.807) is 20.4 Å². The van der Waals surface area contributed by atoms with Gasteiger partial charge in [-0.3, -0.25) is 4.99 Å². The normalized spacial score (nSPS) is 12.0. The monoisotopic (exact) mass is 402 g/mol. The van der Waals surface area contributed by atoms with Crippen LogP contribution in [0.15, 0.2) is 33.8 Å². The van der Waals surface area contributed by atoms with E-state index in [0.717, 1.165) is 42.6 Å². The van der Waals surface area contributed by atoms with Crippen molar-refractivity contribution in [2.24, 2.45) is 4.99 Å². The quantitative estimate of drug-likeness (QED) is 0.378. The van der Waals surface area contributed by atoms with Crippen molar-refractivity contribution in [3.05, 3.63) is 41.6 Å². The van der Waals surface area contributed by atoms with Crippen molar-refractivity contribution >= 4 is 5.96 Å². The second-order valence-electron chi connectivity index (χ2n) is 7.74. The van der Waals surface area contributed by atoms with Gasteiger partial charge in [-0.25, -0.2) is 4.98 Å². The number of methoxy groups -OCH3 is 1. The Kier molecular flexibility index (Phi) is 8.36. The van der Waals surface area contributed by atoms with Crippen LogP contribution in [0.25, 0.3) is 0 Å². The summed E-state index contributed by atoms with van der Waals surface area (Å²) >= 11 is 0. The zero-order valence-electron chi connectivity index (χ0n) is 18.5. The first-order valence-electron chi connectivity index (χ1n) is 10.1. The third kappa shape index (κ3) is 7.00. The maximum Gasteiger partial charge on any atom is 0.213 e. The zero-order chi connectivity index (χ0) is 21.3. The third-order valence-electron chi connectivity index (χ3n) is 4.39. The number of hydrogen-bond donors (Lipinski definition) is 2. The summed E-state index contributed by atoms with van der Waals surface area (Å²) in [5.41, 5.74) is 1.17. The molecule has 29 heavy (non-hydrogen) atoms. The first-order chi connectivity index (χ1) is 13.9. The van der Waals surface area contributed by atoms with Crippen molar-refractivity contribution in [2.75, 3.05) is 27.3 Å². The number of benzene rings is 1. The number of aromatic nitrogens is 1. The Bertz CT molecular complexity index is 794. The second kappa shape index (κ2) is 10.7. The van der Waals surface area contributed by atoms with Gasteiger partial charge >= 0.3 is 0 Å². The highest BCUT2D eigenvalue weighted by molar-refractivity contribution is 5.79. The fraction of sp³-hybridized carbons (Fsp3) is 0.545. The number of nitrogens with zero attached hydrogens (tertiary/aromatic N) is 2. The highest BCUT2D eigenvalue weighted by atomic mass is 16.5. The minimum atomic E-state index is -0.0470. The molecule has 0 amide bonds. The highest BCUT2D eigenvalue weighted by Crippen LogP contribution is 2.28. The summed E-state index contributed by atoms with van der Waals surface area (Å²) in [6.07, 6.45) is 3.69. The molecular weight excluding hydrogens is 368 g/mol. The summed E-state index contributed by atoms with van der Waals surface area (Å²) in [6.45, 7) is 10.2. The molecule has 0 aliphatic heterocycles. The van der Waals surface area contributed by atoms with Crippen LogP contribution < -0.4 is 20.1 Å². The molecule has 0 radical (unpaired) electrons. The van der Waals surface area contributed by atoms with Gasteiger partial charge in [-0.15, -0.1) is 0 Å². The fourth-order valence-corrected chi connectivity index (χ4v) is 2.76. The van der Waals surface area contributed by atoms with E-state index in [1.165, 1.54) is 5.56 Å². The number of nitrogens with one attached hydrogen (secondary N) is 2. The molecule has 0 spiro atoms. The van der Waals surface area contributed by atoms with E-state index >= 15 is 0 Å². The lowest BCUT2D eigenvalue weighted by Gasteiger charge is -2.13. The summed E-state index contributed by atoms with van der Waals surface area (Å²) in [7, 11) is 3.41. The van der Waals surface area contributed by atoms with Crippen molar-refractivity contribution < 1.29 is 13.9 Å². The lowest BCUT2D eigenvalue weighted by molar-refractivity contribution is 0.310. The summed E-state index contributed by atoms with van der Waals surface area (Å²) in [4.78, 5) is 8.58. The van der Waals surface area contributed by atoms with Gasteiger partial charge in [0.25, 0.3) is 0 Å². The molecule has 1 aromatic heterocycles. The summed E-state index contributed by atoms with van der Waals surface area (Å²) in [5, 5.41) is 6.56. The first-order valence-corrected chi connectivity index (χ1v) is 10.1. The Morgan fingerprint density at radius 3 is 2.62 bits per heavy atom. The Morgan fingerprint density at radius 2 is 2.00 bits per heavy atom. The van der Waals surface area contributed by atoms with Crippen molar-refractivity contribution in [1.29, 1.82) is 0 Å². The van der Waals surface area contributed by atoms with Crippen molar-refractivity contribution in [1.82, 2.24) is 15.6 Å². The van der Waals surface area contributed by atoms with E-state index in [2.05, 4.69) is 47.4 Å². The lowest BCUT2D eigenvalue weighted by Crippen LogP contribution is -2.37. The van der Waals surface area contributed by atoms with Gasteiger partial charge in [-0.05, 0) is 37.5 Å². The van der Waals surface area contributed by atoms with Crippen LogP contribution in [-0.2, 0) is 18.4 Å². The number of hydrogen-bond acceptors (Lipinski definition) is 5. The molecular formula is C22H34N4O3. The van der Waals surface area contributed by atoms with Gasteiger partial charge in [0.05, 0.1) is 26.5 Å². The Labute approximate surface area is 173 Å². The molecule has 0 fully saturated rings. The maximum absolute atomic E-state index is 5.80. The fourth-order valence-electron chi connectivity index (χ4n) is 2.76. The van der Waals surface area contributed by atoms with Gasteiger partial charge in [-0.2, -0.15) is 0 Å². The molecule has 7 nitrogen and oxygen atoms in total. The summed E-state index contributed by atoms with van der Waals surface area (Å²) < 4.78 is 16.8. The van der Waals surface area contributed by atoms with Gasteiger partial charge in [0.15, 0.2) is 17.5 Å². The number of oxazole rings is 1. The van der Waals surface area contributed by atoms with Gasteiger partial charge in [0.2, 0.25) is 5.89 Å². The van der Waals surface area contributed by atoms with E-state index in [1.807, 2.05) is 19.1 Å². The largest absolute Gasteiger partial charge is 0.493 e. The third-order valence-corrected chi connectivity index (χ3v) is 4.39. The van der Waals surface area contributed by atoms with E-state index in [-0.39, 0.29) is 5.41 Å². The first kappa shape index (κ1) is 22.6. The molecule has 0 saturated heterocycles. The van der Waals surface area contributed by atoms with Crippen LogP contribution in [0.3, 0.4) is 0 Å². The molecule has 0 saturated carbocycles. The predicted molar refractivity (Wildman–Crippen MR) is 116 cm³/mol. The SMILES string of the molecule is CCOc1cc(CCCNC(=NC)NCc2ncc(C(C)(C)C)o2)ccc1OC. The highest BCUT2D eigenvalue weighted by Gasteiger charge is 2.19. The molecule has 0 aliphatic rings. The molecule has 0 aliphatic carbocycles. The Morgan fingerprint density at radius 1 is 1.21 bits per heavy atom. The predicted octanol–water partition coefficient (Wildman–Crippen LogP) is 3.68. The minimum absolute atomic E-state index is 0.0470. The Balaban J connectivity index is 1.77. The molecule has 2 N–H and O–H groups in total. The topological polar surface area (TPSA) is 80.9 Å². The van der Waals surface area contributed by atoms with Crippen LogP contribution in [0.1, 0.15) is 51.3 Å². The molecule has 160 valence electrons.